The normalized spacial score (nSPS) is 12.1. The van der Waals surface area contributed by atoms with Crippen molar-refractivity contribution in [3.05, 3.63) is 188 Å². The fraction of sp³-hybridized carbons (Fsp3) is 0. The van der Waals surface area contributed by atoms with Crippen molar-refractivity contribution >= 4 is 64.1 Å². The van der Waals surface area contributed by atoms with E-state index in [4.69, 9.17) is 0 Å². The van der Waals surface area contributed by atoms with Gasteiger partial charge in [-0.1, -0.05) is 140 Å². The summed E-state index contributed by atoms with van der Waals surface area (Å²) in [5, 5.41) is 7.90. The van der Waals surface area contributed by atoms with Crippen LogP contribution >= 0.6 is 11.3 Å². The van der Waals surface area contributed by atoms with Gasteiger partial charge in [-0.2, -0.15) is 0 Å². The van der Waals surface area contributed by atoms with E-state index in [1.165, 1.54) is 108 Å². The monoisotopic (exact) mass is 701 g/mol. The van der Waals surface area contributed by atoms with Gasteiger partial charge in [-0.3, -0.25) is 0 Å². The fourth-order valence-electron chi connectivity index (χ4n) is 9.05. The third kappa shape index (κ3) is 4.32. The molecule has 2 heteroatoms. The molecule has 0 radical (unpaired) electrons. The molecule has 2 heterocycles. The van der Waals surface area contributed by atoms with E-state index in [2.05, 4.69) is 193 Å². The van der Waals surface area contributed by atoms with E-state index in [1.807, 2.05) is 11.3 Å². The Kier molecular flexibility index (Phi) is 6.28. The Morgan fingerprint density at radius 2 is 0.870 bits per heavy atom. The third-order valence-corrected chi connectivity index (χ3v) is 12.7. The van der Waals surface area contributed by atoms with E-state index in [1.54, 1.807) is 0 Å². The molecule has 12 rings (SSSR count). The zero-order chi connectivity index (χ0) is 35.3. The minimum atomic E-state index is 1.16. The topological polar surface area (TPSA) is 4.93 Å². The first-order valence-corrected chi connectivity index (χ1v) is 19.4. The smallest absolute Gasteiger partial charge is 0.0553 e. The molecular weight excluding hydrogens is 671 g/mol. The predicted molar refractivity (Wildman–Crippen MR) is 232 cm³/mol. The van der Waals surface area contributed by atoms with E-state index in [-0.39, 0.29) is 0 Å². The van der Waals surface area contributed by atoms with Crippen molar-refractivity contribution in [1.29, 1.82) is 0 Å². The molecular formula is C52H31NS. The van der Waals surface area contributed by atoms with Crippen molar-refractivity contribution in [2.45, 2.75) is 0 Å². The summed E-state index contributed by atoms with van der Waals surface area (Å²) in [6, 6.07) is 69.7. The Morgan fingerprint density at radius 3 is 1.72 bits per heavy atom. The van der Waals surface area contributed by atoms with E-state index in [9.17, 15) is 0 Å². The van der Waals surface area contributed by atoms with Gasteiger partial charge in [0.05, 0.1) is 11.0 Å². The first-order chi connectivity index (χ1) is 26.8. The summed E-state index contributed by atoms with van der Waals surface area (Å²) in [5.74, 6) is 0. The van der Waals surface area contributed by atoms with Gasteiger partial charge in [-0.25, -0.2) is 0 Å². The van der Waals surface area contributed by atoms with Crippen LogP contribution in [0, 0.1) is 0 Å². The van der Waals surface area contributed by atoms with Gasteiger partial charge in [0.15, 0.2) is 0 Å². The SMILES string of the molecule is c1ccc(-c2ccc(-c3cccc(-n4c5ccc(-c6ccc7sc8ccccc8c7c6)cc5c5c6cccc7c6c(cc54)-c4ccccc4-7)c3)cc2)cc1. The summed E-state index contributed by atoms with van der Waals surface area (Å²) < 4.78 is 5.16. The maximum absolute atomic E-state index is 2.50. The Balaban J connectivity index is 1.10. The molecule has 1 nitrogen and oxygen atoms in total. The summed E-state index contributed by atoms with van der Waals surface area (Å²) in [6.45, 7) is 0. The molecule has 250 valence electrons. The minimum Gasteiger partial charge on any atom is -0.309 e. The van der Waals surface area contributed by atoms with Crippen molar-refractivity contribution in [2.75, 3.05) is 0 Å². The van der Waals surface area contributed by atoms with Crippen LogP contribution in [-0.2, 0) is 0 Å². The molecule has 0 spiro atoms. The Morgan fingerprint density at radius 1 is 0.296 bits per heavy atom. The zero-order valence-electron chi connectivity index (χ0n) is 29.3. The van der Waals surface area contributed by atoms with Crippen molar-refractivity contribution in [3.8, 4) is 61.3 Å². The maximum Gasteiger partial charge on any atom is 0.0553 e. The highest BCUT2D eigenvalue weighted by Crippen LogP contribution is 2.51. The molecule has 0 aliphatic heterocycles. The van der Waals surface area contributed by atoms with Crippen LogP contribution in [0.15, 0.2) is 188 Å². The average molecular weight is 702 g/mol. The van der Waals surface area contributed by atoms with Crippen LogP contribution in [0.5, 0.6) is 0 Å². The first-order valence-electron chi connectivity index (χ1n) is 18.6. The quantitative estimate of drug-likeness (QED) is 0.172. The molecule has 0 saturated carbocycles. The molecule has 0 fully saturated rings. The molecule has 0 bridgehead atoms. The van der Waals surface area contributed by atoms with Gasteiger partial charge in [0.1, 0.15) is 0 Å². The van der Waals surface area contributed by atoms with Gasteiger partial charge in [0.2, 0.25) is 0 Å². The van der Waals surface area contributed by atoms with E-state index < -0.39 is 0 Å². The van der Waals surface area contributed by atoms with Gasteiger partial charge >= 0.3 is 0 Å². The van der Waals surface area contributed by atoms with Crippen LogP contribution in [0.2, 0.25) is 0 Å². The molecule has 1 aliphatic carbocycles. The molecule has 1 aliphatic rings. The standard InChI is InChI=1S/C52H31NS/c1-2-10-32(11-3-1)33-20-22-34(23-21-33)35-12-8-13-38(28-35)53-47-26-24-36(37-25-27-50-44(29-37)41-16-6-7-19-49(41)54-50)30-46(47)52-43-18-9-17-42-39-14-4-5-15-40(39)45(51(42)43)31-48(52)53/h1-31H. The molecule has 0 N–H and O–H groups in total. The lowest BCUT2D eigenvalue weighted by Crippen LogP contribution is -1.95. The van der Waals surface area contributed by atoms with Crippen LogP contribution in [0.4, 0.5) is 0 Å². The molecule has 0 atom stereocenters. The number of nitrogens with zero attached hydrogens (tertiary/aromatic N) is 1. The summed E-state index contributed by atoms with van der Waals surface area (Å²) >= 11 is 1.87. The number of aromatic nitrogens is 1. The molecule has 0 saturated heterocycles. The number of hydrogen-bond acceptors (Lipinski definition) is 1. The number of fused-ring (bicyclic) bond motifs is 10. The second-order valence-electron chi connectivity index (χ2n) is 14.5. The number of benzene rings is 9. The highest BCUT2D eigenvalue weighted by Gasteiger charge is 2.25. The minimum absolute atomic E-state index is 1.16. The van der Waals surface area contributed by atoms with E-state index in [0.717, 1.165) is 5.69 Å². The third-order valence-electron chi connectivity index (χ3n) is 11.5. The highest BCUT2D eigenvalue weighted by atomic mass is 32.1. The van der Waals surface area contributed by atoms with Gasteiger partial charge in [0, 0.05) is 36.6 Å². The average Bonchev–Trinajstić information content (AvgIpc) is 3.89. The molecule has 2 aromatic heterocycles. The Bertz CT molecular complexity index is 3310. The Labute approximate surface area is 316 Å². The first kappa shape index (κ1) is 29.8. The summed E-state index contributed by atoms with van der Waals surface area (Å²) in [6.07, 6.45) is 0. The Hall–Kier alpha value is -6.74. The van der Waals surface area contributed by atoms with Gasteiger partial charge in [0.25, 0.3) is 0 Å². The van der Waals surface area contributed by atoms with Crippen molar-refractivity contribution in [1.82, 2.24) is 4.57 Å². The van der Waals surface area contributed by atoms with Crippen LogP contribution in [0.1, 0.15) is 0 Å². The largest absolute Gasteiger partial charge is 0.309 e. The summed E-state index contributed by atoms with van der Waals surface area (Å²) in [4.78, 5) is 0. The number of rotatable bonds is 4. The second kappa shape index (κ2) is 11.4. The predicted octanol–water partition coefficient (Wildman–Crippen LogP) is 15.0. The summed E-state index contributed by atoms with van der Waals surface area (Å²) in [7, 11) is 0. The van der Waals surface area contributed by atoms with E-state index in [0.29, 0.717) is 0 Å². The van der Waals surface area contributed by atoms with Crippen LogP contribution in [0.3, 0.4) is 0 Å². The zero-order valence-corrected chi connectivity index (χ0v) is 30.1. The number of hydrogen-bond donors (Lipinski definition) is 0. The molecule has 0 unspecified atom stereocenters. The fourth-order valence-corrected chi connectivity index (χ4v) is 10.1. The number of thiophene rings is 1. The van der Waals surface area contributed by atoms with Gasteiger partial charge in [-0.15, -0.1) is 11.3 Å². The van der Waals surface area contributed by atoms with Crippen LogP contribution < -0.4 is 0 Å². The summed E-state index contributed by atoms with van der Waals surface area (Å²) in [5.41, 5.74) is 16.2. The molecule has 11 aromatic rings. The van der Waals surface area contributed by atoms with Crippen molar-refractivity contribution in [2.24, 2.45) is 0 Å². The lowest BCUT2D eigenvalue weighted by Gasteiger charge is -2.12. The van der Waals surface area contributed by atoms with Gasteiger partial charge < -0.3 is 4.57 Å². The molecule has 9 aromatic carbocycles. The highest BCUT2D eigenvalue weighted by molar-refractivity contribution is 7.25. The van der Waals surface area contributed by atoms with Crippen LogP contribution in [-0.4, -0.2) is 4.57 Å². The van der Waals surface area contributed by atoms with Crippen LogP contribution in [0.25, 0.3) is 114 Å². The maximum atomic E-state index is 2.50. The lowest BCUT2D eigenvalue weighted by molar-refractivity contribution is 1.18. The van der Waals surface area contributed by atoms with Crippen molar-refractivity contribution in [3.63, 3.8) is 0 Å². The second-order valence-corrected chi connectivity index (χ2v) is 15.5. The molecule has 54 heavy (non-hydrogen) atoms. The van der Waals surface area contributed by atoms with Crippen molar-refractivity contribution < 1.29 is 0 Å². The lowest BCUT2D eigenvalue weighted by atomic mass is 9.96. The molecule has 0 amide bonds. The van der Waals surface area contributed by atoms with E-state index >= 15 is 0 Å². The van der Waals surface area contributed by atoms with Gasteiger partial charge in [-0.05, 0) is 115 Å².